The molecule has 0 radical (unpaired) electrons. The fourth-order valence-electron chi connectivity index (χ4n) is 3.07. The van der Waals surface area contributed by atoms with Crippen molar-refractivity contribution in [3.05, 3.63) is 24.3 Å². The lowest BCUT2D eigenvalue weighted by atomic mass is 9.78. The fraction of sp³-hybridized carbons (Fsp3) is 0.588. The molecule has 5 nitrogen and oxygen atoms in total. The van der Waals surface area contributed by atoms with Crippen LogP contribution in [0.2, 0.25) is 0 Å². The number of thiocarbonyl (C=S) groups is 1. The van der Waals surface area contributed by atoms with Gasteiger partial charge in [-0.25, -0.2) is 12.7 Å². The summed E-state index contributed by atoms with van der Waals surface area (Å²) >= 11 is 5.41. The molecule has 2 rings (SSSR count). The number of hydrogen-bond donors (Lipinski definition) is 2. The summed E-state index contributed by atoms with van der Waals surface area (Å²) in [6, 6.07) is 7.09. The molecule has 0 bridgehead atoms. The largest absolute Gasteiger partial charge is 0.359 e. The number of sulfonamides is 1. The highest BCUT2D eigenvalue weighted by Gasteiger charge is 2.27. The first-order chi connectivity index (χ1) is 11.2. The van der Waals surface area contributed by atoms with E-state index in [1.165, 1.54) is 31.2 Å². The molecular formula is C17H27N3O2S2. The lowest BCUT2D eigenvalue weighted by Crippen LogP contribution is -2.45. The van der Waals surface area contributed by atoms with Gasteiger partial charge in [-0.15, -0.1) is 0 Å². The van der Waals surface area contributed by atoms with Crippen molar-refractivity contribution in [2.75, 3.05) is 19.4 Å². The van der Waals surface area contributed by atoms with Crippen LogP contribution in [-0.2, 0) is 10.0 Å². The second-order valence-corrected chi connectivity index (χ2v) is 9.35. The molecule has 1 aliphatic carbocycles. The van der Waals surface area contributed by atoms with Gasteiger partial charge < -0.3 is 10.6 Å². The van der Waals surface area contributed by atoms with Crippen LogP contribution in [0.3, 0.4) is 0 Å². The van der Waals surface area contributed by atoms with Crippen molar-refractivity contribution in [3.63, 3.8) is 0 Å². The van der Waals surface area contributed by atoms with Crippen molar-refractivity contribution in [1.29, 1.82) is 0 Å². The van der Waals surface area contributed by atoms with Gasteiger partial charge in [0.1, 0.15) is 0 Å². The minimum atomic E-state index is -3.45. The topological polar surface area (TPSA) is 61.4 Å². The van der Waals surface area contributed by atoms with E-state index in [1.54, 1.807) is 18.2 Å². The van der Waals surface area contributed by atoms with E-state index in [2.05, 4.69) is 24.5 Å². The Morgan fingerprint density at radius 1 is 1.25 bits per heavy atom. The maximum absolute atomic E-state index is 12.2. The Kier molecular flexibility index (Phi) is 6.22. The second-order valence-electron chi connectivity index (χ2n) is 6.79. The third-order valence-corrected chi connectivity index (χ3v) is 6.92. The van der Waals surface area contributed by atoms with Gasteiger partial charge in [0.05, 0.1) is 4.90 Å². The fourth-order valence-corrected chi connectivity index (χ4v) is 4.28. The van der Waals surface area contributed by atoms with Crippen molar-refractivity contribution in [3.8, 4) is 0 Å². The molecule has 0 aliphatic heterocycles. The Morgan fingerprint density at radius 2 is 1.96 bits per heavy atom. The van der Waals surface area contributed by atoms with Crippen LogP contribution >= 0.6 is 12.2 Å². The number of hydrogen-bond acceptors (Lipinski definition) is 3. The van der Waals surface area contributed by atoms with Crippen molar-refractivity contribution < 1.29 is 8.42 Å². The predicted molar refractivity (Wildman–Crippen MR) is 103 cm³/mol. The van der Waals surface area contributed by atoms with E-state index in [1.807, 2.05) is 6.07 Å². The molecule has 0 heterocycles. The molecule has 3 atom stereocenters. The van der Waals surface area contributed by atoms with Gasteiger partial charge in [-0.3, -0.25) is 0 Å². The molecule has 0 saturated heterocycles. The highest BCUT2D eigenvalue weighted by atomic mass is 32.2. The normalized spacial score (nSPS) is 24.6. The second kappa shape index (κ2) is 7.80. The summed E-state index contributed by atoms with van der Waals surface area (Å²) in [6.07, 6.45) is 3.59. The molecule has 7 heteroatoms. The van der Waals surface area contributed by atoms with Gasteiger partial charge in [-0.2, -0.15) is 0 Å². The van der Waals surface area contributed by atoms with Gasteiger partial charge in [0.2, 0.25) is 10.0 Å². The molecule has 1 fully saturated rings. The van der Waals surface area contributed by atoms with E-state index in [4.69, 9.17) is 12.2 Å². The average molecular weight is 370 g/mol. The summed E-state index contributed by atoms with van der Waals surface area (Å²) in [4.78, 5) is 0.250. The maximum atomic E-state index is 12.2. The molecule has 134 valence electrons. The Morgan fingerprint density at radius 3 is 2.62 bits per heavy atom. The van der Waals surface area contributed by atoms with Crippen LogP contribution in [0.1, 0.15) is 33.1 Å². The predicted octanol–water partition coefficient (Wildman–Crippen LogP) is 3.05. The van der Waals surface area contributed by atoms with Crippen LogP contribution in [0.4, 0.5) is 5.69 Å². The van der Waals surface area contributed by atoms with Gasteiger partial charge in [-0.05, 0) is 48.7 Å². The van der Waals surface area contributed by atoms with E-state index in [-0.39, 0.29) is 4.90 Å². The van der Waals surface area contributed by atoms with Crippen LogP contribution in [0.5, 0.6) is 0 Å². The summed E-state index contributed by atoms with van der Waals surface area (Å²) in [5.74, 6) is 1.26. The number of nitrogens with zero attached hydrogens (tertiary/aromatic N) is 1. The standard InChI is InChI=1S/C17H27N3O2S2/c1-12-7-5-10-16(13(12)2)19-17(23)18-14-8-6-9-15(11-14)24(21,22)20(3)4/h6,8-9,11-13,16H,5,7,10H2,1-4H3,(H2,18,19,23)/t12-,13+,16-/m1/s1. The van der Waals surface area contributed by atoms with Crippen molar-refractivity contribution in [2.24, 2.45) is 11.8 Å². The van der Waals surface area contributed by atoms with Crippen LogP contribution in [0, 0.1) is 11.8 Å². The molecule has 0 spiro atoms. The summed E-state index contributed by atoms with van der Waals surface area (Å²) in [5, 5.41) is 7.04. The molecule has 0 aromatic heterocycles. The average Bonchev–Trinajstić information content (AvgIpc) is 2.52. The van der Waals surface area contributed by atoms with E-state index in [0.717, 1.165) is 6.42 Å². The smallest absolute Gasteiger partial charge is 0.242 e. The number of nitrogens with one attached hydrogen (secondary N) is 2. The Labute approximate surface area is 150 Å². The summed E-state index contributed by atoms with van der Waals surface area (Å²) in [7, 11) is -0.407. The Hall–Kier alpha value is -1.18. The summed E-state index contributed by atoms with van der Waals surface area (Å²) < 4.78 is 25.6. The van der Waals surface area contributed by atoms with Crippen LogP contribution in [0.25, 0.3) is 0 Å². The minimum absolute atomic E-state index is 0.250. The summed E-state index contributed by atoms with van der Waals surface area (Å²) in [5.41, 5.74) is 0.673. The van der Waals surface area contributed by atoms with Crippen molar-refractivity contribution >= 4 is 33.0 Å². The maximum Gasteiger partial charge on any atom is 0.242 e. The SMILES string of the molecule is C[C@H]1[C@H](C)CCC[C@H]1NC(=S)Nc1cccc(S(=O)(=O)N(C)C)c1. The number of benzene rings is 1. The van der Waals surface area contributed by atoms with Gasteiger partial charge in [0.15, 0.2) is 5.11 Å². The monoisotopic (exact) mass is 369 g/mol. The molecule has 1 aromatic rings. The van der Waals surface area contributed by atoms with Gasteiger partial charge in [0.25, 0.3) is 0 Å². The zero-order chi connectivity index (χ0) is 17.9. The van der Waals surface area contributed by atoms with Gasteiger partial charge in [-0.1, -0.05) is 32.8 Å². The first-order valence-electron chi connectivity index (χ1n) is 8.32. The minimum Gasteiger partial charge on any atom is -0.359 e. The van der Waals surface area contributed by atoms with E-state index in [9.17, 15) is 8.42 Å². The molecule has 0 unspecified atom stereocenters. The molecule has 2 N–H and O–H groups in total. The highest BCUT2D eigenvalue weighted by molar-refractivity contribution is 7.89. The quantitative estimate of drug-likeness (QED) is 0.799. The molecule has 24 heavy (non-hydrogen) atoms. The lowest BCUT2D eigenvalue weighted by Gasteiger charge is -2.35. The van der Waals surface area contributed by atoms with Crippen molar-refractivity contribution in [2.45, 2.75) is 44.0 Å². The molecular weight excluding hydrogens is 342 g/mol. The summed E-state index contributed by atoms with van der Waals surface area (Å²) in [6.45, 7) is 4.54. The Balaban J connectivity index is 2.05. The van der Waals surface area contributed by atoms with Crippen LogP contribution < -0.4 is 10.6 Å². The van der Waals surface area contributed by atoms with E-state index < -0.39 is 10.0 Å². The molecule has 0 amide bonds. The zero-order valence-corrected chi connectivity index (χ0v) is 16.4. The molecule has 1 saturated carbocycles. The Bertz CT molecular complexity index is 689. The van der Waals surface area contributed by atoms with E-state index in [0.29, 0.717) is 28.7 Å². The lowest BCUT2D eigenvalue weighted by molar-refractivity contribution is 0.225. The molecule has 1 aromatic carbocycles. The van der Waals surface area contributed by atoms with Crippen LogP contribution in [-0.4, -0.2) is 38.0 Å². The third-order valence-electron chi connectivity index (χ3n) is 4.89. The van der Waals surface area contributed by atoms with Crippen molar-refractivity contribution in [1.82, 2.24) is 9.62 Å². The number of rotatable bonds is 4. The molecule has 1 aliphatic rings. The van der Waals surface area contributed by atoms with Crippen LogP contribution in [0.15, 0.2) is 29.2 Å². The first kappa shape index (κ1) is 19.1. The zero-order valence-electron chi connectivity index (χ0n) is 14.7. The van der Waals surface area contributed by atoms with Gasteiger partial charge in [0, 0.05) is 25.8 Å². The first-order valence-corrected chi connectivity index (χ1v) is 10.2. The number of anilines is 1. The van der Waals surface area contributed by atoms with Gasteiger partial charge >= 0.3 is 0 Å². The third kappa shape index (κ3) is 4.46. The van der Waals surface area contributed by atoms with E-state index >= 15 is 0 Å². The highest BCUT2D eigenvalue weighted by Crippen LogP contribution is 2.29.